The summed E-state index contributed by atoms with van der Waals surface area (Å²) < 4.78 is 5.65. The number of fused-ring (bicyclic) bond motifs is 1. The summed E-state index contributed by atoms with van der Waals surface area (Å²) in [6.45, 7) is 2.19. The normalized spacial score (nSPS) is 26.1. The highest BCUT2D eigenvalue weighted by molar-refractivity contribution is 6.33. The molecule has 1 N–H and O–H groups in total. The second kappa shape index (κ2) is 7.05. The minimum Gasteiger partial charge on any atom is -0.455 e. The van der Waals surface area contributed by atoms with E-state index in [1.54, 1.807) is 12.1 Å². The Bertz CT molecular complexity index is 970. The fourth-order valence-corrected chi connectivity index (χ4v) is 4.67. The van der Waals surface area contributed by atoms with Crippen molar-refractivity contribution in [3.8, 4) is 11.3 Å². The van der Waals surface area contributed by atoms with Crippen LogP contribution >= 0.6 is 11.6 Å². The highest BCUT2D eigenvalue weighted by atomic mass is 35.5. The quantitative estimate of drug-likeness (QED) is 0.442. The molecule has 7 nitrogen and oxygen atoms in total. The first-order chi connectivity index (χ1) is 13.4. The zero-order valence-electron chi connectivity index (χ0n) is 15.4. The van der Waals surface area contributed by atoms with Crippen molar-refractivity contribution >= 4 is 29.4 Å². The molecule has 4 rings (SSSR count). The summed E-state index contributed by atoms with van der Waals surface area (Å²) in [5.74, 6) is 1.28. The van der Waals surface area contributed by atoms with Gasteiger partial charge in [-0.15, -0.1) is 0 Å². The number of rotatable bonds is 5. The maximum absolute atomic E-state index is 12.4. The Morgan fingerprint density at radius 1 is 1.39 bits per heavy atom. The van der Waals surface area contributed by atoms with E-state index in [9.17, 15) is 14.9 Å². The maximum Gasteiger partial charge on any atom is 0.270 e. The van der Waals surface area contributed by atoms with Crippen LogP contribution in [0.4, 0.5) is 5.69 Å². The minimum atomic E-state index is -0.489. The molecule has 0 saturated heterocycles. The first-order valence-corrected chi connectivity index (χ1v) is 9.65. The summed E-state index contributed by atoms with van der Waals surface area (Å²) in [6, 6.07) is 7.48. The van der Waals surface area contributed by atoms with Gasteiger partial charge in [-0.25, -0.2) is 5.43 Å². The molecule has 8 heteroatoms. The Morgan fingerprint density at radius 2 is 2.21 bits per heavy atom. The second-order valence-electron chi connectivity index (χ2n) is 7.69. The summed E-state index contributed by atoms with van der Waals surface area (Å²) >= 11 is 6.13. The van der Waals surface area contributed by atoms with Gasteiger partial charge in [-0.2, -0.15) is 5.10 Å². The lowest BCUT2D eigenvalue weighted by Gasteiger charge is -2.15. The number of nitrogens with one attached hydrogen (secondary N) is 1. The fraction of sp³-hybridized carbons (Fsp3) is 0.400. The molecule has 2 saturated carbocycles. The Morgan fingerprint density at radius 3 is 2.93 bits per heavy atom. The SMILES string of the molecule is C[C@]12CCCC[C@H]1[C@H]2C(=O)N/N=C\c1ccc(-c2cc([N+](=O)[O-])ccc2Cl)o1. The number of furan rings is 1. The number of nitro benzene ring substituents is 1. The molecule has 1 amide bonds. The summed E-state index contributed by atoms with van der Waals surface area (Å²) in [5, 5.41) is 15.3. The van der Waals surface area contributed by atoms with E-state index in [0.717, 1.165) is 12.8 Å². The van der Waals surface area contributed by atoms with E-state index in [-0.39, 0.29) is 22.9 Å². The van der Waals surface area contributed by atoms with E-state index in [1.165, 1.54) is 37.3 Å². The topological polar surface area (TPSA) is 97.7 Å². The predicted octanol–water partition coefficient (Wildman–Crippen LogP) is 4.78. The third-order valence-electron chi connectivity index (χ3n) is 6.03. The number of carbonyl (C=O) groups excluding carboxylic acids is 1. The van der Waals surface area contributed by atoms with E-state index in [0.29, 0.717) is 28.0 Å². The third-order valence-corrected chi connectivity index (χ3v) is 6.36. The number of carbonyl (C=O) groups is 1. The lowest BCUT2D eigenvalue weighted by Crippen LogP contribution is -2.22. The molecule has 1 aromatic heterocycles. The number of non-ortho nitro benzene ring substituents is 1. The van der Waals surface area contributed by atoms with Gasteiger partial charge in [0.25, 0.3) is 5.69 Å². The molecule has 0 unspecified atom stereocenters. The van der Waals surface area contributed by atoms with Crippen molar-refractivity contribution in [2.24, 2.45) is 22.4 Å². The molecule has 28 heavy (non-hydrogen) atoms. The lowest BCUT2D eigenvalue weighted by molar-refractivity contribution is -0.384. The van der Waals surface area contributed by atoms with Crippen LogP contribution in [-0.4, -0.2) is 17.0 Å². The van der Waals surface area contributed by atoms with Gasteiger partial charge in [0.05, 0.1) is 16.2 Å². The zero-order valence-corrected chi connectivity index (χ0v) is 16.1. The first-order valence-electron chi connectivity index (χ1n) is 9.27. The number of hydrazone groups is 1. The van der Waals surface area contributed by atoms with Crippen LogP contribution in [-0.2, 0) is 4.79 Å². The van der Waals surface area contributed by atoms with Gasteiger partial charge in [-0.3, -0.25) is 14.9 Å². The number of halogens is 1. The van der Waals surface area contributed by atoms with E-state index < -0.39 is 4.92 Å². The van der Waals surface area contributed by atoms with Crippen molar-refractivity contribution in [2.45, 2.75) is 32.6 Å². The van der Waals surface area contributed by atoms with Gasteiger partial charge in [0.15, 0.2) is 0 Å². The van der Waals surface area contributed by atoms with Crippen LogP contribution in [0.1, 0.15) is 38.4 Å². The molecular weight excluding hydrogens is 382 g/mol. The molecule has 3 atom stereocenters. The lowest BCUT2D eigenvalue weighted by atomic mass is 9.90. The molecule has 0 spiro atoms. The Kier molecular flexibility index (Phi) is 4.71. The summed E-state index contributed by atoms with van der Waals surface area (Å²) in [6.07, 6.45) is 6.02. The van der Waals surface area contributed by atoms with E-state index in [2.05, 4.69) is 17.5 Å². The number of hydrogen-bond acceptors (Lipinski definition) is 5. The second-order valence-corrected chi connectivity index (χ2v) is 8.10. The molecule has 1 heterocycles. The summed E-state index contributed by atoms with van der Waals surface area (Å²) in [7, 11) is 0. The Hall–Kier alpha value is -2.67. The molecule has 2 aliphatic carbocycles. The van der Waals surface area contributed by atoms with Crippen molar-refractivity contribution in [1.82, 2.24) is 5.43 Å². The molecule has 1 aromatic carbocycles. The van der Waals surface area contributed by atoms with Gasteiger partial charge in [0.1, 0.15) is 11.5 Å². The van der Waals surface area contributed by atoms with Crippen molar-refractivity contribution in [3.63, 3.8) is 0 Å². The van der Waals surface area contributed by atoms with Gasteiger partial charge in [0, 0.05) is 23.6 Å². The third kappa shape index (κ3) is 3.30. The average Bonchev–Trinajstić information content (AvgIpc) is 3.03. The molecule has 146 valence electrons. The van der Waals surface area contributed by atoms with Crippen LogP contribution in [0.25, 0.3) is 11.3 Å². The monoisotopic (exact) mass is 401 g/mol. The number of hydrogen-bond donors (Lipinski definition) is 1. The van der Waals surface area contributed by atoms with Gasteiger partial charge < -0.3 is 4.42 Å². The number of nitro groups is 1. The van der Waals surface area contributed by atoms with Crippen molar-refractivity contribution in [3.05, 3.63) is 51.2 Å². The van der Waals surface area contributed by atoms with E-state index in [4.69, 9.17) is 16.0 Å². The average molecular weight is 402 g/mol. The van der Waals surface area contributed by atoms with Crippen LogP contribution in [0.3, 0.4) is 0 Å². The largest absolute Gasteiger partial charge is 0.455 e. The van der Waals surface area contributed by atoms with Crippen LogP contribution in [0, 0.1) is 27.4 Å². The van der Waals surface area contributed by atoms with Crippen LogP contribution in [0.5, 0.6) is 0 Å². The number of benzene rings is 1. The molecule has 2 aliphatic rings. The predicted molar refractivity (Wildman–Crippen MR) is 105 cm³/mol. The smallest absolute Gasteiger partial charge is 0.270 e. The van der Waals surface area contributed by atoms with Crippen molar-refractivity contribution in [1.29, 1.82) is 0 Å². The molecule has 0 aliphatic heterocycles. The highest BCUT2D eigenvalue weighted by Crippen LogP contribution is 2.66. The Labute approximate surface area is 166 Å². The summed E-state index contributed by atoms with van der Waals surface area (Å²) in [4.78, 5) is 22.9. The zero-order chi connectivity index (χ0) is 19.9. The molecule has 2 fully saturated rings. The van der Waals surface area contributed by atoms with Gasteiger partial charge >= 0.3 is 0 Å². The van der Waals surface area contributed by atoms with E-state index in [1.807, 2.05) is 0 Å². The maximum atomic E-state index is 12.4. The summed E-state index contributed by atoms with van der Waals surface area (Å²) in [5.41, 5.74) is 3.10. The fourth-order valence-electron chi connectivity index (χ4n) is 4.46. The highest BCUT2D eigenvalue weighted by Gasteiger charge is 2.64. The standard InChI is InChI=1S/C20H20ClN3O4/c1-20-9-3-2-4-15(20)18(20)19(25)23-22-11-13-6-8-17(28-13)14-10-12(24(26)27)5-7-16(14)21/h5-8,10-11,15,18H,2-4,9H2,1H3,(H,23,25)/b22-11-/t15-,18-,20-/m0/s1. The number of amides is 1. The molecular formula is C20H20ClN3O4. The Balaban J connectivity index is 1.42. The van der Waals surface area contributed by atoms with Gasteiger partial charge in [-0.05, 0) is 42.4 Å². The molecule has 0 radical (unpaired) electrons. The van der Waals surface area contributed by atoms with Crippen LogP contribution in [0.2, 0.25) is 5.02 Å². The van der Waals surface area contributed by atoms with Crippen molar-refractivity contribution < 1.29 is 14.1 Å². The first kappa shape index (κ1) is 18.7. The van der Waals surface area contributed by atoms with Gasteiger partial charge in [-0.1, -0.05) is 31.4 Å². The van der Waals surface area contributed by atoms with Crippen LogP contribution in [0.15, 0.2) is 39.9 Å². The number of nitrogens with zero attached hydrogens (tertiary/aromatic N) is 2. The molecule has 2 aromatic rings. The van der Waals surface area contributed by atoms with Gasteiger partial charge in [0.2, 0.25) is 5.91 Å². The van der Waals surface area contributed by atoms with Crippen molar-refractivity contribution in [2.75, 3.05) is 0 Å². The van der Waals surface area contributed by atoms with Crippen LogP contribution < -0.4 is 5.43 Å². The van der Waals surface area contributed by atoms with E-state index >= 15 is 0 Å². The minimum absolute atomic E-state index is 0.0424. The molecule has 0 bridgehead atoms.